The first-order chi connectivity index (χ1) is 11.8. The van der Waals surface area contributed by atoms with Crippen molar-refractivity contribution in [3.63, 3.8) is 0 Å². The number of aromatic nitrogens is 3. The fourth-order valence-corrected chi connectivity index (χ4v) is 2.39. The predicted octanol–water partition coefficient (Wildman–Crippen LogP) is 2.71. The monoisotopic (exact) mass is 324 g/mol. The summed E-state index contributed by atoms with van der Waals surface area (Å²) in [5.41, 5.74) is 1.96. The summed E-state index contributed by atoms with van der Waals surface area (Å²) in [5.74, 6) is 0.361. The molecule has 0 bridgehead atoms. The fourth-order valence-electron chi connectivity index (χ4n) is 2.39. The second kappa shape index (κ2) is 8.21. The van der Waals surface area contributed by atoms with E-state index in [0.717, 1.165) is 6.42 Å². The van der Waals surface area contributed by atoms with Gasteiger partial charge in [-0.2, -0.15) is 0 Å². The first kappa shape index (κ1) is 16.1. The molecule has 2 aromatic heterocycles. The van der Waals surface area contributed by atoms with Crippen molar-refractivity contribution in [3.05, 3.63) is 60.3 Å². The maximum atomic E-state index is 12.0. The summed E-state index contributed by atoms with van der Waals surface area (Å²) in [7, 11) is 0. The van der Waals surface area contributed by atoms with E-state index in [4.69, 9.17) is 4.74 Å². The molecule has 0 aliphatic rings. The minimum atomic E-state index is -0.0835. The number of amides is 1. The Morgan fingerprint density at radius 3 is 2.75 bits per heavy atom. The molecule has 0 aliphatic carbocycles. The summed E-state index contributed by atoms with van der Waals surface area (Å²) in [6.45, 7) is 1.24. The largest absolute Gasteiger partial charge is 0.381 e. The number of ether oxygens (including phenoxy) is 1. The third kappa shape index (κ3) is 4.39. The second-order valence-corrected chi connectivity index (χ2v) is 5.45. The Hall–Kier alpha value is -2.73. The zero-order chi connectivity index (χ0) is 16.6. The lowest BCUT2D eigenvalue weighted by Crippen LogP contribution is -2.14. The van der Waals surface area contributed by atoms with E-state index in [9.17, 15) is 4.79 Å². The number of nitrogens with one attached hydrogen (secondary N) is 1. The van der Waals surface area contributed by atoms with E-state index < -0.39 is 0 Å². The third-order valence-electron chi connectivity index (χ3n) is 3.64. The smallest absolute Gasteiger partial charge is 0.235 e. The van der Waals surface area contributed by atoms with Gasteiger partial charge in [-0.3, -0.25) is 14.5 Å². The van der Waals surface area contributed by atoms with E-state index in [0.29, 0.717) is 37.7 Å². The Morgan fingerprint density at radius 2 is 1.88 bits per heavy atom. The number of hydrogen-bond acceptors (Lipinski definition) is 4. The van der Waals surface area contributed by atoms with Crippen LogP contribution in [0.15, 0.2) is 54.7 Å². The summed E-state index contributed by atoms with van der Waals surface area (Å²) in [5, 5.41) is 10.7. The van der Waals surface area contributed by atoms with Crippen molar-refractivity contribution >= 4 is 17.5 Å². The van der Waals surface area contributed by atoms with Crippen LogP contribution in [0.3, 0.4) is 0 Å². The molecule has 24 heavy (non-hydrogen) atoms. The van der Waals surface area contributed by atoms with Gasteiger partial charge in [0.15, 0.2) is 5.65 Å². The highest BCUT2D eigenvalue weighted by Gasteiger charge is 2.08. The maximum Gasteiger partial charge on any atom is 0.235 e. The molecule has 1 aromatic carbocycles. The van der Waals surface area contributed by atoms with Gasteiger partial charge in [-0.15, -0.1) is 10.2 Å². The highest BCUT2D eigenvalue weighted by atomic mass is 16.5. The van der Waals surface area contributed by atoms with Gasteiger partial charge in [-0.1, -0.05) is 36.4 Å². The van der Waals surface area contributed by atoms with Crippen molar-refractivity contribution in [2.24, 2.45) is 0 Å². The Morgan fingerprint density at radius 1 is 1.04 bits per heavy atom. The number of anilines is 1. The highest BCUT2D eigenvalue weighted by Crippen LogP contribution is 2.08. The molecule has 1 amide bonds. The SMILES string of the molecule is O=C(CCCOCCc1ccccc1)Nc1nnc2ccccn12. The van der Waals surface area contributed by atoms with Crippen LogP contribution in [-0.4, -0.2) is 33.7 Å². The lowest BCUT2D eigenvalue weighted by atomic mass is 10.2. The number of nitrogens with zero attached hydrogens (tertiary/aromatic N) is 3. The van der Waals surface area contributed by atoms with Gasteiger partial charge >= 0.3 is 0 Å². The number of carbonyl (C=O) groups is 1. The van der Waals surface area contributed by atoms with E-state index >= 15 is 0 Å². The Bertz CT molecular complexity index is 786. The van der Waals surface area contributed by atoms with Crippen molar-refractivity contribution < 1.29 is 9.53 Å². The predicted molar refractivity (Wildman–Crippen MR) is 91.8 cm³/mol. The molecular weight excluding hydrogens is 304 g/mol. The van der Waals surface area contributed by atoms with Gasteiger partial charge in [0, 0.05) is 19.2 Å². The average Bonchev–Trinajstić information content (AvgIpc) is 3.02. The molecule has 124 valence electrons. The second-order valence-electron chi connectivity index (χ2n) is 5.45. The Balaban J connectivity index is 1.34. The molecular formula is C18H20N4O2. The maximum absolute atomic E-state index is 12.0. The van der Waals surface area contributed by atoms with Gasteiger partial charge < -0.3 is 4.74 Å². The van der Waals surface area contributed by atoms with Crippen LogP contribution in [0.5, 0.6) is 0 Å². The molecule has 6 heteroatoms. The molecule has 6 nitrogen and oxygen atoms in total. The van der Waals surface area contributed by atoms with Gasteiger partial charge in [0.05, 0.1) is 6.61 Å². The average molecular weight is 324 g/mol. The number of benzene rings is 1. The standard InChI is InChI=1S/C18H20N4O2/c23-17(19-18-21-20-16-9-4-5-12-22(16)18)10-6-13-24-14-11-15-7-2-1-3-8-15/h1-5,7-9,12H,6,10-11,13-14H2,(H,19,21,23). The number of rotatable bonds is 8. The summed E-state index contributed by atoms with van der Waals surface area (Å²) in [4.78, 5) is 12.0. The molecule has 0 fully saturated rings. The van der Waals surface area contributed by atoms with E-state index in [1.807, 2.05) is 42.6 Å². The summed E-state index contributed by atoms with van der Waals surface area (Å²) in [6, 6.07) is 15.8. The van der Waals surface area contributed by atoms with E-state index in [1.54, 1.807) is 4.40 Å². The Labute approximate surface area is 140 Å². The molecule has 3 aromatic rings. The third-order valence-corrected chi connectivity index (χ3v) is 3.64. The van der Waals surface area contributed by atoms with Crippen molar-refractivity contribution in [3.8, 4) is 0 Å². The molecule has 1 N–H and O–H groups in total. The van der Waals surface area contributed by atoms with Crippen molar-refractivity contribution in [2.45, 2.75) is 19.3 Å². The quantitative estimate of drug-likeness (QED) is 0.647. The fraction of sp³-hybridized carbons (Fsp3) is 0.278. The van der Waals surface area contributed by atoms with Crippen LogP contribution in [0, 0.1) is 0 Å². The summed E-state index contributed by atoms with van der Waals surface area (Å²) in [6.07, 6.45) is 3.78. The van der Waals surface area contributed by atoms with Gasteiger partial charge in [0.25, 0.3) is 0 Å². The van der Waals surface area contributed by atoms with Crippen LogP contribution in [0.2, 0.25) is 0 Å². The number of pyridine rings is 1. The van der Waals surface area contributed by atoms with E-state index in [1.165, 1.54) is 5.56 Å². The highest BCUT2D eigenvalue weighted by molar-refractivity contribution is 5.89. The minimum absolute atomic E-state index is 0.0835. The first-order valence-electron chi connectivity index (χ1n) is 8.04. The summed E-state index contributed by atoms with van der Waals surface area (Å²) >= 11 is 0. The number of hydrogen-bond donors (Lipinski definition) is 1. The van der Waals surface area contributed by atoms with Gasteiger partial charge in [0.2, 0.25) is 11.9 Å². The van der Waals surface area contributed by atoms with Crippen LogP contribution in [-0.2, 0) is 16.0 Å². The van der Waals surface area contributed by atoms with E-state index in [2.05, 4.69) is 27.6 Å². The zero-order valence-corrected chi connectivity index (χ0v) is 13.4. The Kier molecular flexibility index (Phi) is 5.52. The van der Waals surface area contributed by atoms with Crippen LogP contribution >= 0.6 is 0 Å². The van der Waals surface area contributed by atoms with Crippen molar-refractivity contribution in [1.82, 2.24) is 14.6 Å². The van der Waals surface area contributed by atoms with Crippen molar-refractivity contribution in [1.29, 1.82) is 0 Å². The topological polar surface area (TPSA) is 68.5 Å². The van der Waals surface area contributed by atoms with Crippen LogP contribution < -0.4 is 5.32 Å². The van der Waals surface area contributed by atoms with Crippen LogP contribution in [0.4, 0.5) is 5.95 Å². The molecule has 0 saturated carbocycles. The lowest BCUT2D eigenvalue weighted by Gasteiger charge is -2.05. The normalized spacial score (nSPS) is 10.8. The molecule has 0 spiro atoms. The summed E-state index contributed by atoms with van der Waals surface area (Å²) < 4.78 is 7.32. The molecule has 0 aliphatic heterocycles. The van der Waals surface area contributed by atoms with Gasteiger partial charge in [-0.05, 0) is 30.5 Å². The van der Waals surface area contributed by atoms with Crippen LogP contribution in [0.1, 0.15) is 18.4 Å². The van der Waals surface area contributed by atoms with Crippen molar-refractivity contribution in [2.75, 3.05) is 18.5 Å². The van der Waals surface area contributed by atoms with E-state index in [-0.39, 0.29) is 5.91 Å². The zero-order valence-electron chi connectivity index (χ0n) is 13.4. The molecule has 0 saturated heterocycles. The molecule has 0 unspecified atom stereocenters. The molecule has 0 radical (unpaired) electrons. The molecule has 0 atom stereocenters. The minimum Gasteiger partial charge on any atom is -0.381 e. The molecule has 2 heterocycles. The lowest BCUT2D eigenvalue weighted by molar-refractivity contribution is -0.116. The number of carbonyl (C=O) groups excluding carboxylic acids is 1. The van der Waals surface area contributed by atoms with Crippen LogP contribution in [0.25, 0.3) is 5.65 Å². The molecule has 3 rings (SSSR count). The van der Waals surface area contributed by atoms with Gasteiger partial charge in [-0.25, -0.2) is 0 Å². The number of fused-ring (bicyclic) bond motifs is 1. The first-order valence-corrected chi connectivity index (χ1v) is 8.04. The van der Waals surface area contributed by atoms with Gasteiger partial charge in [0.1, 0.15) is 0 Å².